The van der Waals surface area contributed by atoms with Gasteiger partial charge in [0.25, 0.3) is 0 Å². The van der Waals surface area contributed by atoms with Crippen molar-refractivity contribution in [2.45, 2.75) is 31.1 Å². The third-order valence-electron chi connectivity index (χ3n) is 3.94. The van der Waals surface area contributed by atoms with Crippen molar-refractivity contribution in [3.05, 3.63) is 42.4 Å². The Kier molecular flexibility index (Phi) is 4.31. The second kappa shape index (κ2) is 6.21. The minimum Gasteiger partial charge on any atom is -0.480 e. The Morgan fingerprint density at radius 3 is 2.58 bits per heavy atom. The number of fused-ring (bicyclic) bond motifs is 1. The second-order valence-electron chi connectivity index (χ2n) is 7.12. The molecule has 0 radical (unpaired) electrons. The van der Waals surface area contributed by atoms with Gasteiger partial charge in [-0.1, -0.05) is 20.8 Å². The van der Waals surface area contributed by atoms with Gasteiger partial charge < -0.3 is 10.1 Å². The first-order valence-electron chi connectivity index (χ1n) is 7.96. The van der Waals surface area contributed by atoms with Crippen molar-refractivity contribution < 1.29 is 18.3 Å². The highest BCUT2D eigenvalue weighted by atomic mass is 32.2. The normalized spacial score (nSPS) is 12.4. The molecule has 0 atom stereocenters. The van der Waals surface area contributed by atoms with Crippen LogP contribution in [0.4, 0.5) is 0 Å². The number of aliphatic carboxylic acids is 1. The van der Waals surface area contributed by atoms with Gasteiger partial charge in [-0.3, -0.25) is 9.78 Å². The third kappa shape index (κ3) is 3.60. The Hall–Kier alpha value is -2.74. The summed E-state index contributed by atoms with van der Waals surface area (Å²) in [7, 11) is -3.87. The zero-order valence-corrected chi connectivity index (χ0v) is 15.5. The molecule has 0 aliphatic heterocycles. The molecule has 0 saturated carbocycles. The predicted molar refractivity (Wildman–Crippen MR) is 97.7 cm³/mol. The summed E-state index contributed by atoms with van der Waals surface area (Å²) in [5, 5.41) is 9.43. The molecule has 7 nitrogen and oxygen atoms in total. The maximum absolute atomic E-state index is 12.1. The monoisotopic (exact) mass is 373 g/mol. The quantitative estimate of drug-likeness (QED) is 0.727. The molecule has 0 unspecified atom stereocenters. The van der Waals surface area contributed by atoms with Gasteiger partial charge in [0.1, 0.15) is 5.69 Å². The van der Waals surface area contributed by atoms with Crippen LogP contribution in [0.15, 0.2) is 41.6 Å². The lowest BCUT2D eigenvalue weighted by Gasteiger charge is -2.17. The van der Waals surface area contributed by atoms with Crippen molar-refractivity contribution in [1.29, 1.82) is 0 Å². The number of nitrogens with one attached hydrogen (secondary N) is 1. The molecule has 0 bridgehead atoms. The fourth-order valence-corrected chi connectivity index (χ4v) is 3.62. The Balaban J connectivity index is 2.05. The first-order valence-corrected chi connectivity index (χ1v) is 9.62. The molecule has 8 heteroatoms. The SMILES string of the molecule is CC(C)(C)c1cncc(-c2cc3cc(S(=O)(=O)CC(=O)O)ccc3[nH]2)n1. The molecular formula is C18H19N3O4S. The van der Waals surface area contributed by atoms with Gasteiger partial charge in [-0.15, -0.1) is 0 Å². The maximum Gasteiger partial charge on any atom is 0.319 e. The van der Waals surface area contributed by atoms with Gasteiger partial charge >= 0.3 is 5.97 Å². The molecule has 3 rings (SSSR count). The van der Waals surface area contributed by atoms with Gasteiger partial charge in [0.15, 0.2) is 15.6 Å². The van der Waals surface area contributed by atoms with E-state index in [1.54, 1.807) is 24.5 Å². The van der Waals surface area contributed by atoms with Crippen LogP contribution in [0.2, 0.25) is 0 Å². The number of hydrogen-bond acceptors (Lipinski definition) is 5. The lowest BCUT2D eigenvalue weighted by molar-refractivity contribution is -0.134. The van der Waals surface area contributed by atoms with Crippen LogP contribution in [0.3, 0.4) is 0 Å². The van der Waals surface area contributed by atoms with Crippen LogP contribution >= 0.6 is 0 Å². The number of nitrogens with zero attached hydrogens (tertiary/aromatic N) is 2. The van der Waals surface area contributed by atoms with Crippen molar-refractivity contribution in [1.82, 2.24) is 15.0 Å². The minimum absolute atomic E-state index is 0.0209. The van der Waals surface area contributed by atoms with E-state index in [0.29, 0.717) is 16.8 Å². The van der Waals surface area contributed by atoms with Crippen LogP contribution in [0.5, 0.6) is 0 Å². The Morgan fingerprint density at radius 2 is 1.92 bits per heavy atom. The summed E-state index contributed by atoms with van der Waals surface area (Å²) in [4.78, 5) is 22.8. The van der Waals surface area contributed by atoms with Gasteiger partial charge in [-0.25, -0.2) is 13.4 Å². The molecule has 2 heterocycles. The number of carboxylic acid groups (broad SMARTS) is 1. The summed E-state index contributed by atoms with van der Waals surface area (Å²) >= 11 is 0. The minimum atomic E-state index is -3.87. The smallest absolute Gasteiger partial charge is 0.319 e. The van der Waals surface area contributed by atoms with E-state index in [1.807, 2.05) is 20.8 Å². The van der Waals surface area contributed by atoms with Gasteiger partial charge in [0.2, 0.25) is 0 Å². The largest absolute Gasteiger partial charge is 0.480 e. The maximum atomic E-state index is 12.1. The van der Waals surface area contributed by atoms with E-state index in [2.05, 4.69) is 15.0 Å². The first-order chi connectivity index (χ1) is 12.1. The molecule has 0 fully saturated rings. The van der Waals surface area contributed by atoms with Crippen LogP contribution in [-0.2, 0) is 20.0 Å². The zero-order valence-electron chi connectivity index (χ0n) is 14.6. The number of aromatic amines is 1. The summed E-state index contributed by atoms with van der Waals surface area (Å²) in [5.41, 5.74) is 2.80. The highest BCUT2D eigenvalue weighted by molar-refractivity contribution is 7.92. The van der Waals surface area contributed by atoms with E-state index in [1.165, 1.54) is 12.1 Å². The molecule has 26 heavy (non-hydrogen) atoms. The van der Waals surface area contributed by atoms with Crippen LogP contribution in [-0.4, -0.2) is 40.2 Å². The van der Waals surface area contributed by atoms with Crippen LogP contribution in [0, 0.1) is 0 Å². The fourth-order valence-electron chi connectivity index (χ4n) is 2.55. The van der Waals surface area contributed by atoms with E-state index < -0.39 is 21.6 Å². The molecule has 1 aromatic carbocycles. The van der Waals surface area contributed by atoms with Crippen LogP contribution in [0.25, 0.3) is 22.3 Å². The average molecular weight is 373 g/mol. The van der Waals surface area contributed by atoms with Crippen molar-refractivity contribution in [3.63, 3.8) is 0 Å². The zero-order chi connectivity index (χ0) is 19.1. The van der Waals surface area contributed by atoms with E-state index in [4.69, 9.17) is 5.11 Å². The molecule has 2 aromatic heterocycles. The molecular weight excluding hydrogens is 354 g/mol. The van der Waals surface area contributed by atoms with Gasteiger partial charge in [0, 0.05) is 22.5 Å². The lowest BCUT2D eigenvalue weighted by Crippen LogP contribution is -2.15. The Morgan fingerprint density at radius 1 is 1.19 bits per heavy atom. The van der Waals surface area contributed by atoms with Crippen LogP contribution in [0.1, 0.15) is 26.5 Å². The number of sulfone groups is 1. The summed E-state index contributed by atoms with van der Waals surface area (Å²) in [6.07, 6.45) is 3.37. The van der Waals surface area contributed by atoms with Crippen molar-refractivity contribution in [2.75, 3.05) is 5.75 Å². The molecule has 0 spiro atoms. The molecule has 0 aliphatic rings. The molecule has 2 N–H and O–H groups in total. The number of H-pyrrole nitrogens is 1. The van der Waals surface area contributed by atoms with E-state index in [9.17, 15) is 13.2 Å². The third-order valence-corrected chi connectivity index (χ3v) is 5.54. The fraction of sp³-hybridized carbons (Fsp3) is 0.278. The highest BCUT2D eigenvalue weighted by Crippen LogP contribution is 2.27. The van der Waals surface area contributed by atoms with E-state index in [0.717, 1.165) is 11.2 Å². The van der Waals surface area contributed by atoms with E-state index in [-0.39, 0.29) is 10.3 Å². The van der Waals surface area contributed by atoms with Crippen molar-refractivity contribution >= 4 is 26.7 Å². The summed E-state index contributed by atoms with van der Waals surface area (Å²) in [6.45, 7) is 6.14. The molecule has 136 valence electrons. The molecule has 0 amide bonds. The Bertz CT molecular complexity index is 1100. The van der Waals surface area contributed by atoms with Crippen molar-refractivity contribution in [2.24, 2.45) is 0 Å². The highest BCUT2D eigenvalue weighted by Gasteiger charge is 2.20. The standard InChI is InChI=1S/C18H19N3O4S/c1-18(2,3)16-9-19-8-15(21-16)14-7-11-6-12(4-5-13(11)20-14)26(24,25)10-17(22)23/h4-9,20H,10H2,1-3H3,(H,22,23). The summed E-state index contributed by atoms with van der Waals surface area (Å²) in [6, 6.07) is 6.27. The number of benzene rings is 1. The molecule has 0 saturated heterocycles. The number of carbonyl (C=O) groups is 1. The first kappa shape index (κ1) is 18.1. The van der Waals surface area contributed by atoms with Crippen LogP contribution < -0.4 is 0 Å². The number of hydrogen-bond donors (Lipinski definition) is 2. The van der Waals surface area contributed by atoms with Gasteiger partial charge in [-0.2, -0.15) is 0 Å². The lowest BCUT2D eigenvalue weighted by atomic mass is 9.92. The summed E-state index contributed by atoms with van der Waals surface area (Å²) in [5.74, 6) is -2.32. The molecule has 3 aromatic rings. The second-order valence-corrected chi connectivity index (χ2v) is 9.11. The number of carboxylic acids is 1. The number of rotatable bonds is 4. The topological polar surface area (TPSA) is 113 Å². The Labute approximate surface area is 151 Å². The van der Waals surface area contributed by atoms with Gasteiger partial charge in [0.05, 0.1) is 22.5 Å². The van der Waals surface area contributed by atoms with Crippen molar-refractivity contribution in [3.8, 4) is 11.4 Å². The predicted octanol–water partition coefficient (Wildman–Crippen LogP) is 2.78. The summed E-state index contributed by atoms with van der Waals surface area (Å²) < 4.78 is 24.2. The van der Waals surface area contributed by atoms with Gasteiger partial charge in [-0.05, 0) is 24.3 Å². The van der Waals surface area contributed by atoms with E-state index >= 15 is 0 Å². The number of aromatic nitrogens is 3. The average Bonchev–Trinajstić information content (AvgIpc) is 2.96. The molecule has 0 aliphatic carbocycles.